The molecular formula is C12H15N3O3. The van der Waals surface area contributed by atoms with Crippen LogP contribution in [0.3, 0.4) is 0 Å². The molecule has 0 bridgehead atoms. The van der Waals surface area contributed by atoms with E-state index in [1.54, 1.807) is 19.2 Å². The number of amides is 1. The molecule has 0 saturated carbocycles. The molecule has 1 rings (SSSR count). The number of benzene rings is 1. The third kappa shape index (κ3) is 4.41. The lowest BCUT2D eigenvalue weighted by molar-refractivity contribution is -0.121. The summed E-state index contributed by atoms with van der Waals surface area (Å²) in [7, 11) is 1.56. The molecule has 0 aliphatic heterocycles. The fourth-order valence-corrected chi connectivity index (χ4v) is 1.24. The van der Waals surface area contributed by atoms with Gasteiger partial charge in [0.05, 0.1) is 36.2 Å². The van der Waals surface area contributed by atoms with Gasteiger partial charge in [-0.05, 0) is 18.2 Å². The second-order valence-corrected chi connectivity index (χ2v) is 3.51. The van der Waals surface area contributed by atoms with Gasteiger partial charge in [0.25, 0.3) is 0 Å². The second kappa shape index (κ2) is 7.27. The molecule has 3 N–H and O–H groups in total. The zero-order valence-electron chi connectivity index (χ0n) is 10.1. The van der Waals surface area contributed by atoms with E-state index in [-0.39, 0.29) is 12.5 Å². The standard InChI is InChI=1S/C12H15N3O3/c1-17-4-5-18-8-12(16)15-11-3-2-9(7-13)6-10(11)14/h2-3,6H,4-5,8,14H2,1H3,(H,15,16). The Kier molecular flexibility index (Phi) is 5.64. The van der Waals surface area contributed by atoms with E-state index in [2.05, 4.69) is 5.32 Å². The molecule has 1 amide bonds. The van der Waals surface area contributed by atoms with E-state index in [9.17, 15) is 4.79 Å². The molecule has 1 aromatic rings. The van der Waals surface area contributed by atoms with E-state index in [1.807, 2.05) is 6.07 Å². The molecule has 0 aliphatic carbocycles. The number of ether oxygens (including phenoxy) is 2. The first-order chi connectivity index (χ1) is 8.67. The predicted molar refractivity (Wildman–Crippen MR) is 66.9 cm³/mol. The highest BCUT2D eigenvalue weighted by Gasteiger charge is 2.06. The SMILES string of the molecule is COCCOCC(=O)Nc1ccc(C#N)cc1N. The molecule has 96 valence electrons. The smallest absolute Gasteiger partial charge is 0.250 e. The first kappa shape index (κ1) is 14.0. The highest BCUT2D eigenvalue weighted by Crippen LogP contribution is 2.19. The Morgan fingerprint density at radius 1 is 1.50 bits per heavy atom. The number of methoxy groups -OCH3 is 1. The molecule has 0 aromatic heterocycles. The van der Waals surface area contributed by atoms with Gasteiger partial charge in [0.2, 0.25) is 5.91 Å². The van der Waals surface area contributed by atoms with Crippen molar-refractivity contribution < 1.29 is 14.3 Å². The van der Waals surface area contributed by atoms with Crippen molar-refractivity contribution in [3.05, 3.63) is 23.8 Å². The highest BCUT2D eigenvalue weighted by molar-refractivity contribution is 5.94. The van der Waals surface area contributed by atoms with Crippen molar-refractivity contribution in [3.8, 4) is 6.07 Å². The van der Waals surface area contributed by atoms with E-state index < -0.39 is 0 Å². The number of hydrogen-bond donors (Lipinski definition) is 2. The number of nitrogens with one attached hydrogen (secondary N) is 1. The second-order valence-electron chi connectivity index (χ2n) is 3.51. The number of anilines is 2. The minimum absolute atomic E-state index is 0.0667. The van der Waals surface area contributed by atoms with E-state index in [0.717, 1.165) is 0 Å². The highest BCUT2D eigenvalue weighted by atomic mass is 16.5. The average molecular weight is 249 g/mol. The van der Waals surface area contributed by atoms with Gasteiger partial charge >= 0.3 is 0 Å². The molecule has 0 aliphatic rings. The van der Waals surface area contributed by atoms with Gasteiger partial charge in [0.15, 0.2) is 0 Å². The largest absolute Gasteiger partial charge is 0.397 e. The number of nitrogens with two attached hydrogens (primary N) is 1. The monoisotopic (exact) mass is 249 g/mol. The number of carbonyl (C=O) groups is 1. The summed E-state index contributed by atoms with van der Waals surface area (Å²) in [6, 6.07) is 6.63. The van der Waals surface area contributed by atoms with Crippen LogP contribution in [0.5, 0.6) is 0 Å². The number of hydrogen-bond acceptors (Lipinski definition) is 5. The van der Waals surface area contributed by atoms with E-state index >= 15 is 0 Å². The molecular weight excluding hydrogens is 234 g/mol. The summed E-state index contributed by atoms with van der Waals surface area (Å²) in [6.45, 7) is 0.724. The molecule has 18 heavy (non-hydrogen) atoms. The number of carbonyl (C=O) groups excluding carboxylic acids is 1. The molecule has 0 radical (unpaired) electrons. The summed E-state index contributed by atoms with van der Waals surface area (Å²) >= 11 is 0. The fourth-order valence-electron chi connectivity index (χ4n) is 1.24. The molecule has 0 spiro atoms. The Morgan fingerprint density at radius 3 is 2.89 bits per heavy atom. The van der Waals surface area contributed by atoms with Crippen LogP contribution in [0.2, 0.25) is 0 Å². The van der Waals surface area contributed by atoms with Crippen LogP contribution in [0.25, 0.3) is 0 Å². The first-order valence-electron chi connectivity index (χ1n) is 5.33. The van der Waals surface area contributed by atoms with Crippen molar-refractivity contribution in [1.82, 2.24) is 0 Å². The Balaban J connectivity index is 2.47. The minimum atomic E-state index is -0.303. The van der Waals surface area contributed by atoms with Gasteiger partial charge in [-0.15, -0.1) is 0 Å². The summed E-state index contributed by atoms with van der Waals surface area (Å²) in [6.07, 6.45) is 0. The summed E-state index contributed by atoms with van der Waals surface area (Å²) in [5, 5.41) is 11.3. The Hall–Kier alpha value is -2.10. The summed E-state index contributed by atoms with van der Waals surface area (Å²) < 4.78 is 9.84. The van der Waals surface area contributed by atoms with Crippen molar-refractivity contribution in [1.29, 1.82) is 5.26 Å². The van der Waals surface area contributed by atoms with Crippen LogP contribution in [0, 0.1) is 11.3 Å². The number of nitrogens with zero attached hydrogens (tertiary/aromatic N) is 1. The molecule has 6 heteroatoms. The maximum Gasteiger partial charge on any atom is 0.250 e. The summed E-state index contributed by atoms with van der Waals surface area (Å²) in [5.74, 6) is -0.303. The van der Waals surface area contributed by atoms with Crippen molar-refractivity contribution in [2.45, 2.75) is 0 Å². The minimum Gasteiger partial charge on any atom is -0.397 e. The summed E-state index contributed by atoms with van der Waals surface area (Å²) in [5.41, 5.74) is 6.95. The molecule has 6 nitrogen and oxygen atoms in total. The number of nitriles is 1. The van der Waals surface area contributed by atoms with Crippen LogP contribution >= 0.6 is 0 Å². The third-order valence-electron chi connectivity index (χ3n) is 2.12. The van der Waals surface area contributed by atoms with Crippen molar-refractivity contribution in [2.75, 3.05) is 38.0 Å². The topological polar surface area (TPSA) is 97.4 Å². The fraction of sp³-hybridized carbons (Fsp3) is 0.333. The molecule has 0 saturated heterocycles. The maximum absolute atomic E-state index is 11.5. The van der Waals surface area contributed by atoms with Gasteiger partial charge in [-0.25, -0.2) is 0 Å². The van der Waals surface area contributed by atoms with Crippen LogP contribution in [-0.2, 0) is 14.3 Å². The van der Waals surface area contributed by atoms with Crippen LogP contribution < -0.4 is 11.1 Å². The van der Waals surface area contributed by atoms with Crippen LogP contribution in [0.4, 0.5) is 11.4 Å². The number of rotatable bonds is 6. The van der Waals surface area contributed by atoms with Gasteiger partial charge in [0.1, 0.15) is 6.61 Å². The Bertz CT molecular complexity index is 454. The van der Waals surface area contributed by atoms with Crippen LogP contribution in [-0.4, -0.2) is 32.8 Å². The van der Waals surface area contributed by atoms with E-state index in [4.69, 9.17) is 20.5 Å². The summed E-state index contributed by atoms with van der Waals surface area (Å²) in [4.78, 5) is 11.5. The van der Waals surface area contributed by atoms with Crippen LogP contribution in [0.15, 0.2) is 18.2 Å². The molecule has 1 aromatic carbocycles. The molecule has 0 unspecified atom stereocenters. The quantitative estimate of drug-likeness (QED) is 0.572. The zero-order chi connectivity index (χ0) is 13.4. The van der Waals surface area contributed by atoms with Gasteiger partial charge in [-0.2, -0.15) is 5.26 Å². The van der Waals surface area contributed by atoms with Gasteiger partial charge < -0.3 is 20.5 Å². The lowest BCUT2D eigenvalue weighted by Gasteiger charge is -2.08. The molecule has 0 atom stereocenters. The van der Waals surface area contributed by atoms with Crippen molar-refractivity contribution >= 4 is 17.3 Å². The number of nitrogen functional groups attached to an aromatic ring is 1. The third-order valence-corrected chi connectivity index (χ3v) is 2.12. The normalized spacial score (nSPS) is 9.78. The van der Waals surface area contributed by atoms with E-state index in [0.29, 0.717) is 30.2 Å². The van der Waals surface area contributed by atoms with Crippen molar-refractivity contribution in [3.63, 3.8) is 0 Å². The van der Waals surface area contributed by atoms with Gasteiger partial charge in [-0.3, -0.25) is 4.79 Å². The van der Waals surface area contributed by atoms with Crippen molar-refractivity contribution in [2.24, 2.45) is 0 Å². The molecule has 0 heterocycles. The average Bonchev–Trinajstić information content (AvgIpc) is 2.37. The lowest BCUT2D eigenvalue weighted by Crippen LogP contribution is -2.20. The lowest BCUT2D eigenvalue weighted by atomic mass is 10.2. The molecule has 0 fully saturated rings. The first-order valence-corrected chi connectivity index (χ1v) is 5.33. The maximum atomic E-state index is 11.5. The Labute approximate surface area is 105 Å². The predicted octanol–water partition coefficient (Wildman–Crippen LogP) is 0.742. The zero-order valence-corrected chi connectivity index (χ0v) is 10.1. The van der Waals surface area contributed by atoms with Gasteiger partial charge in [0, 0.05) is 7.11 Å². The van der Waals surface area contributed by atoms with Gasteiger partial charge in [-0.1, -0.05) is 0 Å². The van der Waals surface area contributed by atoms with Crippen LogP contribution in [0.1, 0.15) is 5.56 Å². The van der Waals surface area contributed by atoms with E-state index in [1.165, 1.54) is 6.07 Å². The Morgan fingerprint density at radius 2 is 2.28 bits per heavy atom.